The summed E-state index contributed by atoms with van der Waals surface area (Å²) in [4.78, 5) is 16.7. The van der Waals surface area contributed by atoms with Crippen molar-refractivity contribution in [3.05, 3.63) is 40.0 Å². The smallest absolute Gasteiger partial charge is 0.387 e. The maximum atomic E-state index is 12.6. The number of ether oxygens (including phenoxy) is 1. The highest BCUT2D eigenvalue weighted by molar-refractivity contribution is 5.59. The Bertz CT molecular complexity index is 832. The van der Waals surface area contributed by atoms with Gasteiger partial charge >= 0.3 is 12.3 Å². The van der Waals surface area contributed by atoms with Crippen LogP contribution in [-0.4, -0.2) is 34.8 Å². The van der Waals surface area contributed by atoms with Gasteiger partial charge in [-0.2, -0.15) is 13.8 Å². The second-order valence-corrected chi connectivity index (χ2v) is 6.81. The summed E-state index contributed by atoms with van der Waals surface area (Å²) in [6.45, 7) is -1.81. The van der Waals surface area contributed by atoms with E-state index in [1.807, 2.05) is 4.90 Å². The normalized spacial score (nSPS) is 18.1. The van der Waals surface area contributed by atoms with E-state index in [0.29, 0.717) is 24.7 Å². The quantitative estimate of drug-likeness (QED) is 0.555. The molecule has 1 aliphatic carbocycles. The molecular weight excluding hydrogens is 362 g/mol. The van der Waals surface area contributed by atoms with Gasteiger partial charge in [0, 0.05) is 42.7 Å². The molecule has 0 unspecified atom stereocenters. The molecule has 10 heteroatoms. The minimum atomic E-state index is -3.12. The number of nitro benzene ring substituents is 1. The third kappa shape index (κ3) is 3.83. The molecule has 2 aliphatic rings. The first kappa shape index (κ1) is 17.6. The number of nitro groups is 1. The van der Waals surface area contributed by atoms with Crippen molar-refractivity contribution in [3.8, 4) is 5.75 Å². The van der Waals surface area contributed by atoms with Crippen LogP contribution in [0.3, 0.4) is 0 Å². The van der Waals surface area contributed by atoms with Gasteiger partial charge in [0.2, 0.25) is 11.6 Å². The molecule has 2 heterocycles. The third-order valence-corrected chi connectivity index (χ3v) is 4.97. The minimum Gasteiger partial charge on any atom is -0.427 e. The fourth-order valence-electron chi connectivity index (χ4n) is 3.35. The van der Waals surface area contributed by atoms with E-state index in [4.69, 9.17) is 4.52 Å². The van der Waals surface area contributed by atoms with Gasteiger partial charge in [-0.05, 0) is 31.7 Å². The number of hydrogen-bond acceptors (Lipinski definition) is 7. The molecule has 27 heavy (non-hydrogen) atoms. The Hall–Kier alpha value is -2.78. The Labute approximate surface area is 153 Å². The van der Waals surface area contributed by atoms with Crippen LogP contribution < -0.4 is 9.64 Å². The number of aromatic nitrogens is 2. The molecule has 0 N–H and O–H groups in total. The molecule has 0 bridgehead atoms. The van der Waals surface area contributed by atoms with E-state index in [0.717, 1.165) is 37.4 Å². The van der Waals surface area contributed by atoms with Gasteiger partial charge in [0.05, 0.1) is 4.92 Å². The molecule has 1 aromatic carbocycles. The van der Waals surface area contributed by atoms with Crippen molar-refractivity contribution < 1.29 is 23.0 Å². The van der Waals surface area contributed by atoms with Crippen LogP contribution in [0.25, 0.3) is 0 Å². The first-order chi connectivity index (χ1) is 13.0. The van der Waals surface area contributed by atoms with E-state index in [9.17, 15) is 18.9 Å². The highest BCUT2D eigenvalue weighted by Crippen LogP contribution is 2.40. The van der Waals surface area contributed by atoms with Gasteiger partial charge in [-0.3, -0.25) is 10.1 Å². The van der Waals surface area contributed by atoms with Crippen LogP contribution >= 0.6 is 0 Å². The number of anilines is 1. The first-order valence-electron chi connectivity index (χ1n) is 8.83. The predicted molar refractivity (Wildman–Crippen MR) is 90.2 cm³/mol. The van der Waals surface area contributed by atoms with E-state index in [-0.39, 0.29) is 5.92 Å². The van der Waals surface area contributed by atoms with Crippen molar-refractivity contribution in [1.29, 1.82) is 0 Å². The van der Waals surface area contributed by atoms with Crippen LogP contribution in [-0.2, 0) is 0 Å². The van der Waals surface area contributed by atoms with E-state index >= 15 is 0 Å². The summed E-state index contributed by atoms with van der Waals surface area (Å²) in [5, 5.41) is 15.1. The van der Waals surface area contributed by atoms with Crippen molar-refractivity contribution in [2.75, 3.05) is 18.0 Å². The predicted octanol–water partition coefficient (Wildman–Crippen LogP) is 3.84. The molecule has 1 saturated carbocycles. The van der Waals surface area contributed by atoms with Crippen LogP contribution in [0, 0.1) is 10.1 Å². The second-order valence-electron chi connectivity index (χ2n) is 6.81. The number of nitrogens with zero attached hydrogens (tertiary/aromatic N) is 4. The van der Waals surface area contributed by atoms with Gasteiger partial charge in [-0.15, -0.1) is 0 Å². The Morgan fingerprint density at radius 2 is 1.96 bits per heavy atom. The standard InChI is InChI=1S/C17H18F2N4O4/c18-17(19)26-14-9-12(3-4-13(14)23(24)25)22-7-5-10(6-8-22)15-20-16(27-21-15)11-1-2-11/h3-4,9-11,17H,1-2,5-8H2. The van der Waals surface area contributed by atoms with Crippen molar-refractivity contribution >= 4 is 11.4 Å². The molecule has 1 saturated heterocycles. The summed E-state index contributed by atoms with van der Waals surface area (Å²) in [5.41, 5.74) is 0.134. The Morgan fingerprint density at radius 3 is 2.59 bits per heavy atom. The summed E-state index contributed by atoms with van der Waals surface area (Å²) < 4.78 is 34.8. The molecule has 2 fully saturated rings. The fourth-order valence-corrected chi connectivity index (χ4v) is 3.35. The molecule has 0 amide bonds. The van der Waals surface area contributed by atoms with Gasteiger partial charge in [0.1, 0.15) is 0 Å². The van der Waals surface area contributed by atoms with Crippen molar-refractivity contribution in [1.82, 2.24) is 10.1 Å². The Kier molecular flexibility index (Phi) is 4.63. The minimum absolute atomic E-state index is 0.187. The molecule has 144 valence electrons. The summed E-state index contributed by atoms with van der Waals surface area (Å²) in [7, 11) is 0. The lowest BCUT2D eigenvalue weighted by Crippen LogP contribution is -2.33. The number of rotatable bonds is 6. The zero-order valence-electron chi connectivity index (χ0n) is 14.4. The molecular formula is C17H18F2N4O4. The fraction of sp³-hybridized carbons (Fsp3) is 0.529. The van der Waals surface area contributed by atoms with Crippen molar-refractivity contribution in [2.24, 2.45) is 0 Å². The maximum absolute atomic E-state index is 12.6. The average Bonchev–Trinajstić information content (AvgIpc) is 3.38. The summed E-state index contributed by atoms with van der Waals surface area (Å²) in [6.07, 6.45) is 3.77. The van der Waals surface area contributed by atoms with Crippen LogP contribution in [0.2, 0.25) is 0 Å². The lowest BCUT2D eigenvalue weighted by atomic mass is 9.95. The highest BCUT2D eigenvalue weighted by Gasteiger charge is 2.32. The van der Waals surface area contributed by atoms with Crippen LogP contribution in [0.4, 0.5) is 20.2 Å². The number of piperidine rings is 1. The molecule has 8 nitrogen and oxygen atoms in total. The molecule has 0 radical (unpaired) electrons. The number of hydrogen-bond donors (Lipinski definition) is 0. The monoisotopic (exact) mass is 380 g/mol. The second kappa shape index (κ2) is 7.09. The topological polar surface area (TPSA) is 94.5 Å². The molecule has 1 aliphatic heterocycles. The third-order valence-electron chi connectivity index (χ3n) is 4.97. The summed E-state index contributed by atoms with van der Waals surface area (Å²) >= 11 is 0. The molecule has 0 spiro atoms. The largest absolute Gasteiger partial charge is 0.427 e. The van der Waals surface area contributed by atoms with Gasteiger partial charge in [-0.25, -0.2) is 0 Å². The lowest BCUT2D eigenvalue weighted by molar-refractivity contribution is -0.386. The van der Waals surface area contributed by atoms with Gasteiger partial charge in [0.25, 0.3) is 0 Å². The van der Waals surface area contributed by atoms with Crippen LogP contribution in [0.1, 0.15) is 49.2 Å². The zero-order valence-corrected chi connectivity index (χ0v) is 14.4. The van der Waals surface area contributed by atoms with E-state index in [1.165, 1.54) is 12.1 Å². The zero-order chi connectivity index (χ0) is 19.0. The van der Waals surface area contributed by atoms with Gasteiger partial charge < -0.3 is 14.2 Å². The van der Waals surface area contributed by atoms with E-state index < -0.39 is 23.0 Å². The Balaban J connectivity index is 1.44. The summed E-state index contributed by atoms with van der Waals surface area (Å²) in [6, 6.07) is 4.04. The van der Waals surface area contributed by atoms with Gasteiger partial charge in [0.15, 0.2) is 5.82 Å². The van der Waals surface area contributed by atoms with Crippen molar-refractivity contribution in [3.63, 3.8) is 0 Å². The lowest BCUT2D eigenvalue weighted by Gasteiger charge is -2.32. The van der Waals surface area contributed by atoms with Crippen LogP contribution in [0.5, 0.6) is 5.75 Å². The number of halogens is 2. The molecule has 1 aromatic heterocycles. The summed E-state index contributed by atoms with van der Waals surface area (Å²) in [5.74, 6) is 1.62. The Morgan fingerprint density at radius 1 is 1.22 bits per heavy atom. The van der Waals surface area contributed by atoms with E-state index in [2.05, 4.69) is 14.9 Å². The number of alkyl halides is 2. The molecule has 2 aromatic rings. The number of benzene rings is 1. The van der Waals surface area contributed by atoms with Crippen molar-refractivity contribution in [2.45, 2.75) is 44.1 Å². The SMILES string of the molecule is O=[N+]([O-])c1ccc(N2CCC(c3noc(C4CC4)n3)CC2)cc1OC(F)F. The molecule has 4 rings (SSSR count). The van der Waals surface area contributed by atoms with Crippen LogP contribution in [0.15, 0.2) is 22.7 Å². The first-order valence-corrected chi connectivity index (χ1v) is 8.83. The molecule has 0 atom stereocenters. The van der Waals surface area contributed by atoms with Gasteiger partial charge in [-0.1, -0.05) is 5.16 Å². The average molecular weight is 380 g/mol. The highest BCUT2D eigenvalue weighted by atomic mass is 19.3. The maximum Gasteiger partial charge on any atom is 0.387 e. The van der Waals surface area contributed by atoms with E-state index in [1.54, 1.807) is 6.07 Å².